The molecule has 1 aromatic heterocycles. The summed E-state index contributed by atoms with van der Waals surface area (Å²) in [5.41, 5.74) is 6.55. The molecule has 16 heavy (non-hydrogen) atoms. The van der Waals surface area contributed by atoms with Crippen molar-refractivity contribution in [2.75, 3.05) is 26.9 Å². The summed E-state index contributed by atoms with van der Waals surface area (Å²) >= 11 is 1.64. The van der Waals surface area contributed by atoms with Crippen molar-refractivity contribution < 1.29 is 9.47 Å². The van der Waals surface area contributed by atoms with Crippen molar-refractivity contribution in [3.05, 3.63) is 16.1 Å². The minimum atomic E-state index is -0.355. The molecule has 0 saturated carbocycles. The number of thiazole rings is 1. The van der Waals surface area contributed by atoms with Crippen molar-refractivity contribution in [1.82, 2.24) is 4.98 Å². The monoisotopic (exact) mass is 244 g/mol. The second kappa shape index (κ2) is 6.30. The molecule has 2 N–H and O–H groups in total. The Hall–Kier alpha value is -0.490. The highest BCUT2D eigenvalue weighted by atomic mass is 32.1. The summed E-state index contributed by atoms with van der Waals surface area (Å²) in [6.07, 6.45) is 0.838. The summed E-state index contributed by atoms with van der Waals surface area (Å²) in [4.78, 5) is 4.48. The lowest BCUT2D eigenvalue weighted by Crippen LogP contribution is -2.29. The lowest BCUT2D eigenvalue weighted by molar-refractivity contribution is 0.0722. The normalized spacial score (nSPS) is 12.0. The Morgan fingerprint density at radius 3 is 2.69 bits per heavy atom. The molecule has 92 valence electrons. The SMILES string of the molecule is COCCOCCc1nc(C(C)(C)N)cs1. The number of ether oxygens (including phenoxy) is 2. The Kier molecular flexibility index (Phi) is 5.34. The van der Waals surface area contributed by atoms with E-state index in [2.05, 4.69) is 4.98 Å². The van der Waals surface area contributed by atoms with Gasteiger partial charge in [0.15, 0.2) is 0 Å². The molecule has 4 nitrogen and oxygen atoms in total. The van der Waals surface area contributed by atoms with Crippen LogP contribution in [0.25, 0.3) is 0 Å². The first-order chi connectivity index (χ1) is 7.54. The maximum Gasteiger partial charge on any atom is 0.0952 e. The molecule has 0 aliphatic carbocycles. The first-order valence-electron chi connectivity index (χ1n) is 5.34. The third-order valence-corrected chi connectivity index (χ3v) is 3.01. The number of aromatic nitrogens is 1. The van der Waals surface area contributed by atoms with Gasteiger partial charge in [0.1, 0.15) is 0 Å². The second-order valence-corrected chi connectivity index (χ2v) is 5.15. The predicted octanol–water partition coefficient (Wildman–Crippen LogP) is 1.54. The van der Waals surface area contributed by atoms with Crippen molar-refractivity contribution in [2.24, 2.45) is 5.73 Å². The lowest BCUT2D eigenvalue weighted by atomic mass is 10.0. The van der Waals surface area contributed by atoms with Crippen molar-refractivity contribution in [3.8, 4) is 0 Å². The zero-order valence-corrected chi connectivity index (χ0v) is 11.0. The second-order valence-electron chi connectivity index (χ2n) is 4.20. The van der Waals surface area contributed by atoms with Crippen LogP contribution in [0.2, 0.25) is 0 Å². The van der Waals surface area contributed by atoms with Gasteiger partial charge in [-0.05, 0) is 13.8 Å². The number of nitrogens with two attached hydrogens (primary N) is 1. The molecule has 1 rings (SSSR count). The molecule has 1 heterocycles. The highest BCUT2D eigenvalue weighted by Gasteiger charge is 2.17. The molecule has 0 aromatic carbocycles. The molecule has 0 amide bonds. The van der Waals surface area contributed by atoms with Gasteiger partial charge in [-0.25, -0.2) is 4.98 Å². The summed E-state index contributed by atoms with van der Waals surface area (Å²) in [5, 5.41) is 3.09. The average Bonchev–Trinajstić information content (AvgIpc) is 2.65. The fourth-order valence-corrected chi connectivity index (χ4v) is 2.08. The summed E-state index contributed by atoms with van der Waals surface area (Å²) in [6, 6.07) is 0. The first kappa shape index (κ1) is 13.6. The summed E-state index contributed by atoms with van der Waals surface area (Å²) < 4.78 is 10.3. The molecule has 1 aromatic rings. The van der Waals surface area contributed by atoms with Crippen molar-refractivity contribution >= 4 is 11.3 Å². The minimum Gasteiger partial charge on any atom is -0.382 e. The van der Waals surface area contributed by atoms with Gasteiger partial charge in [0.25, 0.3) is 0 Å². The molecule has 0 saturated heterocycles. The molecule has 0 radical (unpaired) electrons. The van der Waals surface area contributed by atoms with E-state index >= 15 is 0 Å². The number of rotatable bonds is 7. The van der Waals surface area contributed by atoms with Crippen LogP contribution in [0, 0.1) is 0 Å². The minimum absolute atomic E-state index is 0.355. The molecule has 0 aliphatic heterocycles. The Morgan fingerprint density at radius 2 is 2.12 bits per heavy atom. The van der Waals surface area contributed by atoms with E-state index in [0.717, 1.165) is 17.1 Å². The third kappa shape index (κ3) is 4.57. The Balaban J connectivity index is 2.30. The van der Waals surface area contributed by atoms with Crippen LogP contribution in [-0.4, -0.2) is 31.9 Å². The number of nitrogens with zero attached hydrogens (tertiary/aromatic N) is 1. The van der Waals surface area contributed by atoms with Gasteiger partial charge in [-0.2, -0.15) is 0 Å². The van der Waals surface area contributed by atoms with Crippen LogP contribution in [0.4, 0.5) is 0 Å². The van der Waals surface area contributed by atoms with Gasteiger partial charge in [0, 0.05) is 18.9 Å². The molecule has 0 atom stereocenters. The topological polar surface area (TPSA) is 57.4 Å². The van der Waals surface area contributed by atoms with Gasteiger partial charge in [-0.15, -0.1) is 11.3 Å². The standard InChI is InChI=1S/C11H20N2O2S/c1-11(2,12)9-8-16-10(13-9)4-5-15-7-6-14-3/h8H,4-7,12H2,1-3H3. The summed E-state index contributed by atoms with van der Waals surface area (Å²) in [6.45, 7) is 5.87. The van der Waals surface area contributed by atoms with E-state index in [9.17, 15) is 0 Å². The molecule has 5 heteroatoms. The predicted molar refractivity (Wildman–Crippen MR) is 65.7 cm³/mol. The Bertz CT molecular complexity index is 307. The molecule has 0 spiro atoms. The van der Waals surface area contributed by atoms with Gasteiger partial charge in [-0.1, -0.05) is 0 Å². The summed E-state index contributed by atoms with van der Waals surface area (Å²) in [7, 11) is 1.67. The molecular weight excluding hydrogens is 224 g/mol. The average molecular weight is 244 g/mol. The number of hydrogen-bond donors (Lipinski definition) is 1. The van der Waals surface area contributed by atoms with Gasteiger partial charge in [0.2, 0.25) is 0 Å². The third-order valence-electron chi connectivity index (χ3n) is 2.10. The Labute approximate surface area is 101 Å². The zero-order chi connectivity index (χ0) is 12.0. The van der Waals surface area contributed by atoms with E-state index in [1.54, 1.807) is 18.4 Å². The highest BCUT2D eigenvalue weighted by molar-refractivity contribution is 7.09. The van der Waals surface area contributed by atoms with Crippen LogP contribution in [0.5, 0.6) is 0 Å². The van der Waals surface area contributed by atoms with E-state index in [1.165, 1.54) is 0 Å². The van der Waals surface area contributed by atoms with Crippen molar-refractivity contribution in [1.29, 1.82) is 0 Å². The maximum atomic E-state index is 5.96. The fraction of sp³-hybridized carbons (Fsp3) is 0.727. The van der Waals surface area contributed by atoms with Gasteiger partial charge in [-0.3, -0.25) is 0 Å². The Morgan fingerprint density at radius 1 is 1.38 bits per heavy atom. The fourth-order valence-electron chi connectivity index (χ4n) is 1.13. The van der Waals surface area contributed by atoms with Crippen LogP contribution in [0.1, 0.15) is 24.5 Å². The molecule has 0 aliphatic rings. The van der Waals surface area contributed by atoms with Gasteiger partial charge >= 0.3 is 0 Å². The van der Waals surface area contributed by atoms with Gasteiger partial charge < -0.3 is 15.2 Å². The smallest absolute Gasteiger partial charge is 0.0952 e. The molecular formula is C11H20N2O2S. The number of hydrogen-bond acceptors (Lipinski definition) is 5. The molecule has 0 unspecified atom stereocenters. The zero-order valence-electron chi connectivity index (χ0n) is 10.2. The van der Waals surface area contributed by atoms with E-state index < -0.39 is 0 Å². The van der Waals surface area contributed by atoms with Crippen molar-refractivity contribution in [2.45, 2.75) is 25.8 Å². The van der Waals surface area contributed by atoms with Crippen LogP contribution >= 0.6 is 11.3 Å². The van der Waals surface area contributed by atoms with Crippen LogP contribution in [0.3, 0.4) is 0 Å². The molecule has 0 bridgehead atoms. The van der Waals surface area contributed by atoms with E-state index in [1.807, 2.05) is 19.2 Å². The van der Waals surface area contributed by atoms with E-state index in [4.69, 9.17) is 15.2 Å². The number of methoxy groups -OCH3 is 1. The van der Waals surface area contributed by atoms with Crippen LogP contribution in [0.15, 0.2) is 5.38 Å². The van der Waals surface area contributed by atoms with Crippen LogP contribution < -0.4 is 5.73 Å². The van der Waals surface area contributed by atoms with E-state index in [-0.39, 0.29) is 5.54 Å². The first-order valence-corrected chi connectivity index (χ1v) is 6.22. The largest absolute Gasteiger partial charge is 0.382 e. The van der Waals surface area contributed by atoms with Gasteiger partial charge in [0.05, 0.1) is 36.1 Å². The lowest BCUT2D eigenvalue weighted by Gasteiger charge is -2.14. The molecule has 0 fully saturated rings. The quantitative estimate of drug-likeness (QED) is 0.739. The maximum absolute atomic E-state index is 5.96. The summed E-state index contributed by atoms with van der Waals surface area (Å²) in [5.74, 6) is 0. The van der Waals surface area contributed by atoms with Crippen molar-refractivity contribution in [3.63, 3.8) is 0 Å². The van der Waals surface area contributed by atoms with Crippen LogP contribution in [-0.2, 0) is 21.4 Å². The highest BCUT2D eigenvalue weighted by Crippen LogP contribution is 2.19. The van der Waals surface area contributed by atoms with E-state index in [0.29, 0.717) is 19.8 Å².